The Morgan fingerprint density at radius 2 is 2.03 bits per heavy atom. The van der Waals surface area contributed by atoms with Gasteiger partial charge in [-0.25, -0.2) is 4.98 Å². The van der Waals surface area contributed by atoms with E-state index in [0.717, 1.165) is 40.0 Å². The van der Waals surface area contributed by atoms with Gasteiger partial charge in [-0.1, -0.05) is 47.1 Å². The molecule has 3 aromatic rings. The third-order valence-electron chi connectivity index (χ3n) is 5.66. The van der Waals surface area contributed by atoms with Crippen LogP contribution >= 0.6 is 15.9 Å². The van der Waals surface area contributed by atoms with Gasteiger partial charge in [0.2, 0.25) is 5.91 Å². The third-order valence-corrected chi connectivity index (χ3v) is 6.15. The molecule has 4 rings (SSSR count). The van der Waals surface area contributed by atoms with E-state index in [0.29, 0.717) is 42.8 Å². The van der Waals surface area contributed by atoms with E-state index in [9.17, 15) is 4.79 Å². The average molecular weight is 486 g/mol. The number of carbonyl (C=O) groups excluding carboxylic acids is 1. The summed E-state index contributed by atoms with van der Waals surface area (Å²) in [5.74, 6) is 2.66. The Kier molecular flexibility index (Phi) is 6.55. The van der Waals surface area contributed by atoms with Crippen molar-refractivity contribution in [2.24, 2.45) is 11.8 Å². The van der Waals surface area contributed by atoms with Gasteiger partial charge in [0.15, 0.2) is 0 Å². The van der Waals surface area contributed by atoms with Crippen LogP contribution in [0.5, 0.6) is 0 Å². The van der Waals surface area contributed by atoms with Gasteiger partial charge in [0.25, 0.3) is 5.71 Å². The Morgan fingerprint density at radius 3 is 2.77 bits per heavy atom. The molecule has 0 aliphatic carbocycles. The summed E-state index contributed by atoms with van der Waals surface area (Å²) in [6.45, 7) is 8.87. The van der Waals surface area contributed by atoms with E-state index in [1.807, 2.05) is 31.2 Å². The van der Waals surface area contributed by atoms with E-state index in [2.05, 4.69) is 50.1 Å². The van der Waals surface area contributed by atoms with Gasteiger partial charge in [0, 0.05) is 36.9 Å². The maximum absolute atomic E-state index is 12.4. The average Bonchev–Trinajstić information content (AvgIpc) is 3.10. The van der Waals surface area contributed by atoms with Crippen LogP contribution in [0.25, 0.3) is 11.1 Å². The van der Waals surface area contributed by atoms with Crippen molar-refractivity contribution in [2.45, 2.75) is 46.6 Å². The second-order valence-electron chi connectivity index (χ2n) is 8.67. The predicted octanol–water partition coefficient (Wildman–Crippen LogP) is 4.42. The number of rotatable bonds is 6. The highest BCUT2D eigenvalue weighted by atomic mass is 79.9. The molecule has 2 atom stereocenters. The minimum absolute atomic E-state index is 0.0285. The summed E-state index contributed by atoms with van der Waals surface area (Å²) in [6, 6.07) is 7.90. The van der Waals surface area contributed by atoms with Gasteiger partial charge < -0.3 is 14.7 Å². The minimum Gasteiger partial charge on any atom is -0.355 e. The summed E-state index contributed by atoms with van der Waals surface area (Å²) in [5, 5.41) is 7.95. The molecule has 1 aromatic carbocycles. The normalized spacial score (nSPS) is 19.0. The number of piperidine rings is 1. The number of halogens is 1. The number of hydrogen-bond acceptors (Lipinski definition) is 6. The summed E-state index contributed by atoms with van der Waals surface area (Å²) in [4.78, 5) is 24.1. The van der Waals surface area contributed by atoms with Crippen LogP contribution in [0, 0.1) is 18.8 Å². The lowest BCUT2D eigenvalue weighted by Crippen LogP contribution is -2.39. The smallest absolute Gasteiger partial charge is 0.263 e. The number of nitrogens with zero attached hydrogens (tertiary/aromatic N) is 4. The highest BCUT2D eigenvalue weighted by molar-refractivity contribution is 9.10. The largest absolute Gasteiger partial charge is 0.355 e. The van der Waals surface area contributed by atoms with Gasteiger partial charge in [-0.05, 0) is 42.9 Å². The zero-order chi connectivity index (χ0) is 22.0. The molecule has 0 bridgehead atoms. The van der Waals surface area contributed by atoms with Gasteiger partial charge in [-0.2, -0.15) is 4.98 Å². The zero-order valence-corrected chi connectivity index (χ0v) is 19.8. The van der Waals surface area contributed by atoms with E-state index < -0.39 is 0 Å². The molecular formula is C23H28BrN5O2. The molecule has 1 saturated heterocycles. The van der Waals surface area contributed by atoms with Crippen molar-refractivity contribution in [3.8, 4) is 0 Å². The van der Waals surface area contributed by atoms with Crippen molar-refractivity contribution < 1.29 is 9.32 Å². The van der Waals surface area contributed by atoms with Crippen LogP contribution in [0.2, 0.25) is 0 Å². The monoisotopic (exact) mass is 485 g/mol. The molecule has 1 aliphatic rings. The SMILES string of the molecule is Cc1noc2nc(CCC(=O)NCc3cccc(Br)c3)nc(N3C[C@@H](C)C[C@H](C)C3)c12. The van der Waals surface area contributed by atoms with E-state index in [1.54, 1.807) is 0 Å². The number of fused-ring (bicyclic) bond motifs is 1. The van der Waals surface area contributed by atoms with E-state index >= 15 is 0 Å². The molecule has 3 heterocycles. The maximum Gasteiger partial charge on any atom is 0.263 e. The molecule has 7 nitrogen and oxygen atoms in total. The zero-order valence-electron chi connectivity index (χ0n) is 18.2. The second-order valence-corrected chi connectivity index (χ2v) is 9.58. The molecule has 8 heteroatoms. The van der Waals surface area contributed by atoms with E-state index in [1.165, 1.54) is 6.42 Å². The first-order valence-electron chi connectivity index (χ1n) is 10.8. The lowest BCUT2D eigenvalue weighted by atomic mass is 9.92. The number of benzene rings is 1. The van der Waals surface area contributed by atoms with Crippen LogP contribution in [0.1, 0.15) is 43.8 Å². The van der Waals surface area contributed by atoms with Crippen molar-refractivity contribution in [1.29, 1.82) is 0 Å². The molecule has 164 valence electrons. The Bertz CT molecular complexity index is 1070. The Labute approximate surface area is 190 Å². The van der Waals surface area contributed by atoms with Gasteiger partial charge in [0.05, 0.1) is 5.69 Å². The highest BCUT2D eigenvalue weighted by Gasteiger charge is 2.27. The minimum atomic E-state index is -0.0285. The van der Waals surface area contributed by atoms with Crippen LogP contribution in [0.15, 0.2) is 33.3 Å². The maximum atomic E-state index is 12.4. The number of hydrogen-bond donors (Lipinski definition) is 1. The first-order valence-corrected chi connectivity index (χ1v) is 11.6. The number of nitrogens with one attached hydrogen (secondary N) is 1. The van der Waals surface area contributed by atoms with Crippen LogP contribution < -0.4 is 10.2 Å². The topological polar surface area (TPSA) is 84.1 Å². The first kappa shape index (κ1) is 21.7. The van der Waals surface area contributed by atoms with E-state index in [-0.39, 0.29) is 5.91 Å². The fourth-order valence-corrected chi connectivity index (χ4v) is 4.80. The second kappa shape index (κ2) is 9.34. The van der Waals surface area contributed by atoms with Crippen LogP contribution in [0.3, 0.4) is 0 Å². The summed E-state index contributed by atoms with van der Waals surface area (Å²) in [6.07, 6.45) is 1.99. The van der Waals surface area contributed by atoms with Gasteiger partial charge in [-0.15, -0.1) is 0 Å². The van der Waals surface area contributed by atoms with E-state index in [4.69, 9.17) is 9.51 Å². The van der Waals surface area contributed by atoms with Crippen LogP contribution in [-0.2, 0) is 17.8 Å². The lowest BCUT2D eigenvalue weighted by molar-refractivity contribution is -0.121. The molecule has 0 saturated carbocycles. The first-order chi connectivity index (χ1) is 14.9. The Morgan fingerprint density at radius 1 is 1.26 bits per heavy atom. The fraction of sp³-hybridized carbons (Fsp3) is 0.478. The summed E-state index contributed by atoms with van der Waals surface area (Å²) in [5.41, 5.74) is 2.35. The number of amides is 1. The van der Waals surface area contributed by atoms with Crippen molar-refractivity contribution in [3.63, 3.8) is 0 Å². The molecule has 1 N–H and O–H groups in total. The quantitative estimate of drug-likeness (QED) is 0.556. The molecule has 0 unspecified atom stereocenters. The molecule has 2 aromatic heterocycles. The Balaban J connectivity index is 1.47. The van der Waals surface area contributed by atoms with Crippen LogP contribution in [0.4, 0.5) is 5.82 Å². The van der Waals surface area contributed by atoms with Gasteiger partial charge >= 0.3 is 0 Å². The van der Waals surface area contributed by atoms with Crippen LogP contribution in [-0.4, -0.2) is 34.1 Å². The van der Waals surface area contributed by atoms with Crippen molar-refractivity contribution in [1.82, 2.24) is 20.4 Å². The molecule has 1 amide bonds. The van der Waals surface area contributed by atoms with Crippen molar-refractivity contribution >= 4 is 38.8 Å². The number of carbonyl (C=O) groups is 1. The number of aryl methyl sites for hydroxylation is 2. The Hall–Kier alpha value is -2.48. The lowest BCUT2D eigenvalue weighted by Gasteiger charge is -2.36. The molecule has 0 spiro atoms. The predicted molar refractivity (Wildman–Crippen MR) is 124 cm³/mol. The number of aromatic nitrogens is 3. The third kappa shape index (κ3) is 5.23. The summed E-state index contributed by atoms with van der Waals surface area (Å²) in [7, 11) is 0. The fourth-order valence-electron chi connectivity index (χ4n) is 4.35. The highest BCUT2D eigenvalue weighted by Crippen LogP contribution is 2.31. The standard InChI is InChI=1S/C23H28BrN5O2/c1-14-9-15(2)13-29(12-14)22-21-16(3)28-31-23(21)27-19(26-22)7-8-20(30)25-11-17-5-4-6-18(24)10-17/h4-6,10,14-15H,7-9,11-13H2,1-3H3,(H,25,30)/t14-,15-/m0/s1. The van der Waals surface area contributed by atoms with Gasteiger partial charge in [-0.3, -0.25) is 4.79 Å². The molecule has 31 heavy (non-hydrogen) atoms. The molecule has 0 radical (unpaired) electrons. The van der Waals surface area contributed by atoms with Gasteiger partial charge in [0.1, 0.15) is 17.0 Å². The number of anilines is 1. The van der Waals surface area contributed by atoms with Crippen molar-refractivity contribution in [3.05, 3.63) is 45.8 Å². The summed E-state index contributed by atoms with van der Waals surface area (Å²) >= 11 is 3.45. The summed E-state index contributed by atoms with van der Waals surface area (Å²) < 4.78 is 6.46. The molecular weight excluding hydrogens is 458 g/mol. The molecule has 1 fully saturated rings. The molecule has 1 aliphatic heterocycles. The van der Waals surface area contributed by atoms with Crippen molar-refractivity contribution in [2.75, 3.05) is 18.0 Å².